The van der Waals surface area contributed by atoms with E-state index in [0.717, 1.165) is 60.1 Å². The largest absolute Gasteiger partial charge is 0.235 e. The minimum atomic E-state index is 0.627. The number of aromatic nitrogens is 4. The van der Waals surface area contributed by atoms with E-state index in [1.54, 1.807) is 11.3 Å². The molecule has 0 aliphatic carbocycles. The van der Waals surface area contributed by atoms with Gasteiger partial charge in [-0.05, 0) is 57.4 Å². The van der Waals surface area contributed by atoms with Crippen molar-refractivity contribution >= 4 is 74.6 Å². The van der Waals surface area contributed by atoms with E-state index in [-0.39, 0.29) is 0 Å². The van der Waals surface area contributed by atoms with Crippen molar-refractivity contribution in [2.45, 2.75) is 0 Å². The van der Waals surface area contributed by atoms with Crippen LogP contribution in [0.1, 0.15) is 0 Å². The van der Waals surface area contributed by atoms with Gasteiger partial charge in [-0.25, -0.2) is 19.9 Å². The zero-order valence-electron chi connectivity index (χ0n) is 28.8. The van der Waals surface area contributed by atoms with Crippen LogP contribution < -0.4 is 0 Å². The van der Waals surface area contributed by atoms with Crippen molar-refractivity contribution in [1.82, 2.24) is 19.9 Å². The monoisotopic (exact) mass is 724 g/mol. The SMILES string of the molecule is c1ccc(-c2nc(-c3ccc4ccccc4c3)nc(-c3cc(-c4c5nc(-c6ccccc6)sc5cc5c4sc4ccccc45)c4ccccc4c3)n2)cc1. The molecule has 0 unspecified atom stereocenters. The molecule has 11 rings (SSSR count). The van der Waals surface area contributed by atoms with Crippen LogP contribution in [0.25, 0.3) is 108 Å². The fourth-order valence-electron chi connectivity index (χ4n) is 7.52. The maximum Gasteiger partial charge on any atom is 0.164 e. The predicted molar refractivity (Wildman–Crippen MR) is 228 cm³/mol. The molecule has 0 aliphatic heterocycles. The summed E-state index contributed by atoms with van der Waals surface area (Å²) in [5.74, 6) is 1.90. The summed E-state index contributed by atoms with van der Waals surface area (Å²) in [6, 6.07) is 59.7. The molecule has 3 heterocycles. The normalized spacial score (nSPS) is 11.7. The molecule has 252 valence electrons. The number of nitrogens with zero attached hydrogens (tertiary/aromatic N) is 4. The molecule has 0 saturated heterocycles. The third-order valence-corrected chi connectivity index (χ3v) is 12.4. The Bertz CT molecular complexity index is 3220. The molecule has 6 heteroatoms. The van der Waals surface area contributed by atoms with E-state index in [1.165, 1.54) is 30.3 Å². The lowest BCUT2D eigenvalue weighted by Crippen LogP contribution is -2.00. The minimum Gasteiger partial charge on any atom is -0.235 e. The summed E-state index contributed by atoms with van der Waals surface area (Å²) in [6.07, 6.45) is 0. The highest BCUT2D eigenvalue weighted by Gasteiger charge is 2.22. The van der Waals surface area contributed by atoms with Gasteiger partial charge in [0.25, 0.3) is 0 Å². The van der Waals surface area contributed by atoms with E-state index in [9.17, 15) is 0 Å². The lowest BCUT2D eigenvalue weighted by molar-refractivity contribution is 1.08. The zero-order chi connectivity index (χ0) is 35.6. The third-order valence-electron chi connectivity index (χ3n) is 10.1. The van der Waals surface area contributed by atoms with Gasteiger partial charge in [0.2, 0.25) is 0 Å². The molecule has 0 aliphatic rings. The maximum absolute atomic E-state index is 5.41. The fraction of sp³-hybridized carbons (Fsp3) is 0. The summed E-state index contributed by atoms with van der Waals surface area (Å²) >= 11 is 3.59. The number of thiophene rings is 1. The minimum absolute atomic E-state index is 0.627. The highest BCUT2D eigenvalue weighted by Crippen LogP contribution is 2.48. The van der Waals surface area contributed by atoms with Crippen LogP contribution in [-0.2, 0) is 0 Å². The number of thiazole rings is 1. The first kappa shape index (κ1) is 31.0. The average Bonchev–Trinajstić information content (AvgIpc) is 3.84. The van der Waals surface area contributed by atoms with Crippen molar-refractivity contribution in [1.29, 1.82) is 0 Å². The Labute approximate surface area is 318 Å². The van der Waals surface area contributed by atoms with Gasteiger partial charge in [-0.3, -0.25) is 0 Å². The highest BCUT2D eigenvalue weighted by atomic mass is 32.1. The molecule has 0 radical (unpaired) electrons. The summed E-state index contributed by atoms with van der Waals surface area (Å²) in [5.41, 5.74) is 7.21. The van der Waals surface area contributed by atoms with Crippen LogP contribution in [0.15, 0.2) is 170 Å². The number of fused-ring (bicyclic) bond motifs is 6. The van der Waals surface area contributed by atoms with E-state index in [2.05, 4.69) is 152 Å². The average molecular weight is 725 g/mol. The van der Waals surface area contributed by atoms with Gasteiger partial charge in [0.05, 0.1) is 10.2 Å². The second-order valence-corrected chi connectivity index (χ2v) is 15.5. The number of benzene rings is 8. The van der Waals surface area contributed by atoms with Gasteiger partial charge in [-0.15, -0.1) is 22.7 Å². The van der Waals surface area contributed by atoms with E-state index in [4.69, 9.17) is 19.9 Å². The maximum atomic E-state index is 5.41. The van der Waals surface area contributed by atoms with Crippen LogP contribution in [0, 0.1) is 0 Å². The number of hydrogen-bond acceptors (Lipinski definition) is 6. The molecule has 11 aromatic rings. The lowest BCUT2D eigenvalue weighted by atomic mass is 9.93. The van der Waals surface area contributed by atoms with E-state index >= 15 is 0 Å². The van der Waals surface area contributed by atoms with Crippen LogP contribution in [0.5, 0.6) is 0 Å². The summed E-state index contributed by atoms with van der Waals surface area (Å²) in [4.78, 5) is 20.9. The molecule has 54 heavy (non-hydrogen) atoms. The zero-order valence-corrected chi connectivity index (χ0v) is 30.4. The van der Waals surface area contributed by atoms with Crippen molar-refractivity contribution in [2.75, 3.05) is 0 Å². The van der Waals surface area contributed by atoms with Crippen LogP contribution in [-0.4, -0.2) is 19.9 Å². The van der Waals surface area contributed by atoms with E-state index in [1.807, 2.05) is 29.5 Å². The van der Waals surface area contributed by atoms with Gasteiger partial charge >= 0.3 is 0 Å². The molecular formula is C48H28N4S2. The topological polar surface area (TPSA) is 51.6 Å². The lowest BCUT2D eigenvalue weighted by Gasteiger charge is -2.14. The van der Waals surface area contributed by atoms with Crippen molar-refractivity contribution in [3.63, 3.8) is 0 Å². The van der Waals surface area contributed by atoms with E-state index < -0.39 is 0 Å². The smallest absolute Gasteiger partial charge is 0.164 e. The van der Waals surface area contributed by atoms with Gasteiger partial charge in [0.1, 0.15) is 5.01 Å². The molecule has 0 bridgehead atoms. The first-order valence-electron chi connectivity index (χ1n) is 17.9. The second-order valence-electron chi connectivity index (χ2n) is 13.4. The Hall–Kier alpha value is -6.60. The quantitative estimate of drug-likeness (QED) is 0.177. The Morgan fingerprint density at radius 1 is 0.352 bits per heavy atom. The summed E-state index contributed by atoms with van der Waals surface area (Å²) in [5, 5.41) is 8.13. The third kappa shape index (κ3) is 5.18. The first-order valence-corrected chi connectivity index (χ1v) is 19.5. The van der Waals surface area contributed by atoms with Crippen molar-refractivity contribution < 1.29 is 0 Å². The Kier molecular flexibility index (Phi) is 7.18. The molecule has 3 aromatic heterocycles. The highest BCUT2D eigenvalue weighted by molar-refractivity contribution is 7.27. The van der Waals surface area contributed by atoms with Gasteiger partial charge in [0, 0.05) is 48.0 Å². The fourth-order valence-corrected chi connectivity index (χ4v) is 9.78. The Balaban J connectivity index is 1.20. The first-order chi connectivity index (χ1) is 26.7. The van der Waals surface area contributed by atoms with Crippen molar-refractivity contribution in [3.8, 4) is 55.9 Å². The number of hydrogen-bond donors (Lipinski definition) is 0. The predicted octanol–water partition coefficient (Wildman–Crippen LogP) is 13.5. The molecule has 0 spiro atoms. The van der Waals surface area contributed by atoms with Crippen molar-refractivity contribution in [3.05, 3.63) is 170 Å². The Morgan fingerprint density at radius 2 is 0.963 bits per heavy atom. The molecular weight excluding hydrogens is 697 g/mol. The van der Waals surface area contributed by atoms with Gasteiger partial charge in [-0.1, -0.05) is 140 Å². The Morgan fingerprint density at radius 3 is 1.76 bits per heavy atom. The summed E-state index contributed by atoms with van der Waals surface area (Å²) in [7, 11) is 0. The standard InChI is InChI=1S/C48H28N4S2/c1-3-14-30(15-4-1)45-50-46(34-24-23-29-13-7-8-18-32(29)25-34)52-47(51-45)35-26-33-19-9-10-20-36(33)38(27-35)42-43-41(54-48(49-43)31-16-5-2-6-17-31)28-39-37-21-11-12-22-40(37)53-44(39)42/h1-28H. The molecule has 0 fully saturated rings. The molecule has 0 atom stereocenters. The molecule has 4 nitrogen and oxygen atoms in total. The molecule has 0 N–H and O–H groups in total. The molecule has 0 amide bonds. The van der Waals surface area contributed by atoms with Crippen molar-refractivity contribution in [2.24, 2.45) is 0 Å². The second kappa shape index (κ2) is 12.5. The van der Waals surface area contributed by atoms with E-state index in [0.29, 0.717) is 17.5 Å². The van der Waals surface area contributed by atoms with Gasteiger partial charge in [-0.2, -0.15) is 0 Å². The summed E-state index contributed by atoms with van der Waals surface area (Å²) < 4.78 is 3.66. The van der Waals surface area contributed by atoms with Crippen LogP contribution in [0.2, 0.25) is 0 Å². The van der Waals surface area contributed by atoms with Gasteiger partial charge in [0.15, 0.2) is 17.5 Å². The van der Waals surface area contributed by atoms with Crippen LogP contribution in [0.4, 0.5) is 0 Å². The van der Waals surface area contributed by atoms with Gasteiger partial charge < -0.3 is 0 Å². The summed E-state index contributed by atoms with van der Waals surface area (Å²) in [6.45, 7) is 0. The van der Waals surface area contributed by atoms with Crippen LogP contribution >= 0.6 is 22.7 Å². The molecule has 0 saturated carbocycles. The molecule has 8 aromatic carbocycles. The number of rotatable bonds is 5. The van der Waals surface area contributed by atoms with Crippen LogP contribution in [0.3, 0.4) is 0 Å².